The Balaban J connectivity index is 1.82. The van der Waals surface area contributed by atoms with Gasteiger partial charge in [0.2, 0.25) is 0 Å². The number of amides is 1. The molecule has 1 heterocycles. The van der Waals surface area contributed by atoms with Gasteiger partial charge in [0.15, 0.2) is 0 Å². The number of benzene rings is 2. The summed E-state index contributed by atoms with van der Waals surface area (Å²) < 4.78 is 1.76. The number of nitro benzene ring substituents is 1. The minimum absolute atomic E-state index is 0.130. The van der Waals surface area contributed by atoms with Crippen LogP contribution in [0.1, 0.15) is 15.9 Å². The molecule has 1 amide bonds. The lowest BCUT2D eigenvalue weighted by atomic mass is 10.1. The zero-order valence-electron chi connectivity index (χ0n) is 14.0. The first-order valence-electron chi connectivity index (χ1n) is 7.92. The molecule has 8 nitrogen and oxygen atoms in total. The van der Waals surface area contributed by atoms with E-state index >= 15 is 0 Å². The van der Waals surface area contributed by atoms with E-state index in [1.54, 1.807) is 16.9 Å². The average molecular weight is 351 g/mol. The third-order valence-corrected chi connectivity index (χ3v) is 3.85. The molecule has 0 bridgehead atoms. The van der Waals surface area contributed by atoms with Gasteiger partial charge in [-0.25, -0.2) is 4.68 Å². The highest BCUT2D eigenvalue weighted by atomic mass is 16.6. The molecule has 8 heteroatoms. The number of hydrogen-bond donors (Lipinski definition) is 2. The number of hydrogen-bond acceptors (Lipinski definition) is 5. The van der Waals surface area contributed by atoms with Crippen LogP contribution in [0.4, 0.5) is 11.4 Å². The zero-order valence-corrected chi connectivity index (χ0v) is 14.0. The van der Waals surface area contributed by atoms with Gasteiger partial charge in [0.1, 0.15) is 0 Å². The Morgan fingerprint density at radius 2 is 2.08 bits per heavy atom. The summed E-state index contributed by atoms with van der Waals surface area (Å²) in [5.74, 6) is -0.388. The Hall–Kier alpha value is -3.68. The lowest BCUT2D eigenvalue weighted by molar-refractivity contribution is -0.384. The van der Waals surface area contributed by atoms with Crippen LogP contribution in [0.15, 0.2) is 60.9 Å². The Kier molecular flexibility index (Phi) is 4.93. The number of non-ortho nitro benzene ring substituents is 1. The molecule has 2 N–H and O–H groups in total. The summed E-state index contributed by atoms with van der Waals surface area (Å²) in [7, 11) is 1.48. The van der Waals surface area contributed by atoms with Crippen LogP contribution < -0.4 is 10.6 Å². The monoisotopic (exact) mass is 351 g/mol. The number of nitrogens with one attached hydrogen (secondary N) is 2. The van der Waals surface area contributed by atoms with E-state index < -0.39 is 4.92 Å². The van der Waals surface area contributed by atoms with E-state index in [0.717, 1.165) is 11.3 Å². The number of carbonyl (C=O) groups excluding carboxylic acids is 1. The Labute approximate surface area is 149 Å². The van der Waals surface area contributed by atoms with Crippen LogP contribution in [-0.2, 0) is 6.54 Å². The van der Waals surface area contributed by atoms with Gasteiger partial charge in [0, 0.05) is 43.8 Å². The number of nitro groups is 1. The summed E-state index contributed by atoms with van der Waals surface area (Å²) in [4.78, 5) is 22.5. The van der Waals surface area contributed by atoms with Gasteiger partial charge in [-0.3, -0.25) is 14.9 Å². The van der Waals surface area contributed by atoms with E-state index in [9.17, 15) is 14.9 Å². The fourth-order valence-electron chi connectivity index (χ4n) is 2.55. The Bertz CT molecular complexity index is 938. The minimum atomic E-state index is -0.524. The van der Waals surface area contributed by atoms with Crippen molar-refractivity contribution in [2.75, 3.05) is 12.4 Å². The smallest absolute Gasteiger partial charge is 0.270 e. The van der Waals surface area contributed by atoms with Crippen LogP contribution >= 0.6 is 0 Å². The van der Waals surface area contributed by atoms with Crippen LogP contribution in [-0.4, -0.2) is 27.7 Å². The molecule has 3 rings (SSSR count). The van der Waals surface area contributed by atoms with E-state index in [2.05, 4.69) is 15.7 Å². The highest BCUT2D eigenvalue weighted by Gasteiger charge is 2.15. The van der Waals surface area contributed by atoms with Crippen molar-refractivity contribution >= 4 is 17.3 Å². The molecule has 0 aliphatic carbocycles. The van der Waals surface area contributed by atoms with Crippen molar-refractivity contribution in [2.45, 2.75) is 6.54 Å². The molecule has 0 spiro atoms. The van der Waals surface area contributed by atoms with Crippen LogP contribution in [0.2, 0.25) is 0 Å². The maximum atomic E-state index is 12.0. The van der Waals surface area contributed by atoms with Gasteiger partial charge in [-0.2, -0.15) is 5.10 Å². The van der Waals surface area contributed by atoms with Crippen molar-refractivity contribution in [1.29, 1.82) is 0 Å². The molecular weight excluding hydrogens is 334 g/mol. The average Bonchev–Trinajstić information content (AvgIpc) is 3.20. The lowest BCUT2D eigenvalue weighted by Crippen LogP contribution is -2.20. The first-order valence-corrected chi connectivity index (χ1v) is 7.92. The third-order valence-electron chi connectivity index (χ3n) is 3.85. The van der Waals surface area contributed by atoms with Gasteiger partial charge in [-0.15, -0.1) is 0 Å². The second-order valence-electron chi connectivity index (χ2n) is 5.54. The quantitative estimate of drug-likeness (QED) is 0.525. The first-order chi connectivity index (χ1) is 12.6. The maximum absolute atomic E-state index is 12.0. The summed E-state index contributed by atoms with van der Waals surface area (Å²) in [6.07, 6.45) is 3.56. The minimum Gasteiger partial charge on any atom is -0.380 e. The van der Waals surface area contributed by atoms with Crippen LogP contribution in [0, 0.1) is 10.1 Å². The van der Waals surface area contributed by atoms with E-state index in [1.807, 2.05) is 36.5 Å². The molecule has 0 fully saturated rings. The van der Waals surface area contributed by atoms with Crippen molar-refractivity contribution in [2.24, 2.45) is 0 Å². The summed E-state index contributed by atoms with van der Waals surface area (Å²) in [5.41, 5.74) is 2.53. The molecule has 0 aliphatic rings. The van der Waals surface area contributed by atoms with Crippen molar-refractivity contribution in [3.63, 3.8) is 0 Å². The van der Waals surface area contributed by atoms with Gasteiger partial charge in [-0.1, -0.05) is 12.1 Å². The molecular formula is C18H17N5O3. The van der Waals surface area contributed by atoms with Crippen LogP contribution in [0.3, 0.4) is 0 Å². The zero-order chi connectivity index (χ0) is 18.5. The fourth-order valence-corrected chi connectivity index (χ4v) is 2.55. The molecule has 0 saturated carbocycles. The normalized spacial score (nSPS) is 10.3. The summed E-state index contributed by atoms with van der Waals surface area (Å²) >= 11 is 0. The van der Waals surface area contributed by atoms with E-state index in [4.69, 9.17) is 0 Å². The third kappa shape index (κ3) is 3.69. The Morgan fingerprint density at radius 3 is 2.77 bits per heavy atom. The van der Waals surface area contributed by atoms with E-state index in [-0.39, 0.29) is 17.2 Å². The second-order valence-corrected chi connectivity index (χ2v) is 5.54. The molecule has 0 saturated heterocycles. The van der Waals surface area contributed by atoms with Gasteiger partial charge in [0.05, 0.1) is 16.2 Å². The summed E-state index contributed by atoms with van der Waals surface area (Å²) in [6.45, 7) is 0.455. The first kappa shape index (κ1) is 17.2. The molecule has 132 valence electrons. The van der Waals surface area contributed by atoms with Crippen LogP contribution in [0.5, 0.6) is 0 Å². The number of rotatable bonds is 6. The number of anilines is 1. The standard InChI is InChI=1S/C18H17N5O3/c1-19-18(24)16-11-15(23(25)26)6-7-17(16)20-12-13-4-2-5-14(10-13)22-9-3-8-21-22/h2-11,20H,12H2,1H3,(H,19,24). The fraction of sp³-hybridized carbons (Fsp3) is 0.111. The largest absolute Gasteiger partial charge is 0.380 e. The molecule has 0 atom stereocenters. The molecule has 26 heavy (non-hydrogen) atoms. The topological polar surface area (TPSA) is 102 Å². The second kappa shape index (κ2) is 7.47. The van der Waals surface area contributed by atoms with Gasteiger partial charge >= 0.3 is 0 Å². The van der Waals surface area contributed by atoms with Crippen molar-refractivity contribution in [1.82, 2.24) is 15.1 Å². The van der Waals surface area contributed by atoms with Crippen molar-refractivity contribution < 1.29 is 9.72 Å². The van der Waals surface area contributed by atoms with Crippen LogP contribution in [0.25, 0.3) is 5.69 Å². The highest BCUT2D eigenvalue weighted by Crippen LogP contribution is 2.23. The number of carbonyl (C=O) groups is 1. The molecule has 1 aromatic heterocycles. The van der Waals surface area contributed by atoms with Gasteiger partial charge in [0.25, 0.3) is 11.6 Å². The van der Waals surface area contributed by atoms with E-state index in [0.29, 0.717) is 12.2 Å². The van der Waals surface area contributed by atoms with Gasteiger partial charge in [-0.05, 0) is 29.8 Å². The summed E-state index contributed by atoms with van der Waals surface area (Å²) in [6, 6.07) is 13.8. The maximum Gasteiger partial charge on any atom is 0.270 e. The summed E-state index contributed by atoms with van der Waals surface area (Å²) in [5, 5.41) is 20.8. The molecule has 3 aromatic rings. The van der Waals surface area contributed by atoms with Gasteiger partial charge < -0.3 is 10.6 Å². The number of aromatic nitrogens is 2. The Morgan fingerprint density at radius 1 is 1.23 bits per heavy atom. The van der Waals surface area contributed by atoms with Crippen molar-refractivity contribution in [3.05, 3.63) is 82.2 Å². The molecule has 0 aliphatic heterocycles. The van der Waals surface area contributed by atoms with Crippen molar-refractivity contribution in [3.8, 4) is 5.69 Å². The predicted octanol–water partition coefficient (Wildman–Crippen LogP) is 2.75. The lowest BCUT2D eigenvalue weighted by Gasteiger charge is -2.12. The SMILES string of the molecule is CNC(=O)c1cc([N+](=O)[O-])ccc1NCc1cccc(-n2cccn2)c1. The molecule has 0 radical (unpaired) electrons. The predicted molar refractivity (Wildman–Crippen MR) is 97.4 cm³/mol. The number of nitrogens with zero attached hydrogens (tertiary/aromatic N) is 3. The highest BCUT2D eigenvalue weighted by molar-refractivity contribution is 6.00. The van der Waals surface area contributed by atoms with E-state index in [1.165, 1.54) is 19.2 Å². The molecule has 0 unspecified atom stereocenters. The molecule has 2 aromatic carbocycles.